The molecule has 0 spiro atoms. The van der Waals surface area contributed by atoms with E-state index < -0.39 is 0 Å². The van der Waals surface area contributed by atoms with Crippen LogP contribution in [-0.4, -0.2) is 23.0 Å². The van der Waals surface area contributed by atoms with Crippen LogP contribution >= 0.6 is 31.9 Å². The molecule has 1 saturated heterocycles. The molecule has 162 valence electrons. The molecular formula is C25H20Br2N2O3. The summed E-state index contributed by atoms with van der Waals surface area (Å²) in [5, 5.41) is 5.47. The van der Waals surface area contributed by atoms with E-state index in [9.17, 15) is 9.59 Å². The van der Waals surface area contributed by atoms with E-state index in [0.717, 1.165) is 25.9 Å². The molecule has 2 saturated carbocycles. The Morgan fingerprint density at radius 3 is 2.31 bits per heavy atom. The van der Waals surface area contributed by atoms with Crippen molar-refractivity contribution in [3.05, 3.63) is 74.7 Å². The van der Waals surface area contributed by atoms with Crippen molar-refractivity contribution in [1.82, 2.24) is 5.01 Å². The summed E-state index contributed by atoms with van der Waals surface area (Å²) in [6.45, 7) is 0.394. The summed E-state index contributed by atoms with van der Waals surface area (Å²) in [4.78, 5) is 26.3. The van der Waals surface area contributed by atoms with Gasteiger partial charge in [-0.2, -0.15) is 10.1 Å². The second-order valence-electron chi connectivity index (χ2n) is 8.97. The minimum absolute atomic E-state index is 0.165. The van der Waals surface area contributed by atoms with Gasteiger partial charge in [-0.15, -0.1) is 0 Å². The number of hydrazone groups is 1. The number of ether oxygens (including phenoxy) is 1. The van der Waals surface area contributed by atoms with Crippen molar-refractivity contribution >= 4 is 49.9 Å². The van der Waals surface area contributed by atoms with Crippen LogP contribution in [0.1, 0.15) is 17.5 Å². The van der Waals surface area contributed by atoms with Crippen LogP contribution in [0.4, 0.5) is 0 Å². The lowest BCUT2D eigenvalue weighted by Crippen LogP contribution is -2.40. The number of carbonyl (C=O) groups is 2. The van der Waals surface area contributed by atoms with E-state index in [1.807, 2.05) is 42.5 Å². The summed E-state index contributed by atoms with van der Waals surface area (Å²) >= 11 is 7.06. The largest absolute Gasteiger partial charge is 0.487 e. The maximum absolute atomic E-state index is 13.2. The highest BCUT2D eigenvalue weighted by Crippen LogP contribution is 2.65. The third-order valence-electron chi connectivity index (χ3n) is 7.21. The number of amides is 2. The van der Waals surface area contributed by atoms with Crippen LogP contribution in [0.25, 0.3) is 0 Å². The first kappa shape index (κ1) is 20.4. The van der Waals surface area contributed by atoms with Crippen LogP contribution in [-0.2, 0) is 16.2 Å². The van der Waals surface area contributed by atoms with Crippen molar-refractivity contribution in [2.75, 3.05) is 0 Å². The van der Waals surface area contributed by atoms with Gasteiger partial charge in [0.05, 0.1) is 22.5 Å². The molecule has 7 heteroatoms. The molecule has 1 heterocycles. The fraction of sp³-hybridized carbons (Fsp3) is 0.320. The molecule has 6 atom stereocenters. The van der Waals surface area contributed by atoms with Crippen molar-refractivity contribution in [2.24, 2.45) is 40.6 Å². The summed E-state index contributed by atoms with van der Waals surface area (Å²) in [7, 11) is 0. The molecular weight excluding hydrogens is 536 g/mol. The Balaban J connectivity index is 1.27. The Morgan fingerprint density at radius 2 is 1.66 bits per heavy atom. The summed E-state index contributed by atoms with van der Waals surface area (Å²) in [5.74, 6) is 1.32. The first-order chi connectivity index (χ1) is 15.5. The van der Waals surface area contributed by atoms with Gasteiger partial charge in [-0.3, -0.25) is 9.59 Å². The number of halogens is 2. The van der Waals surface area contributed by atoms with E-state index in [1.165, 1.54) is 0 Å². The molecule has 0 aromatic heterocycles. The zero-order valence-electron chi connectivity index (χ0n) is 17.0. The molecule has 2 aromatic carbocycles. The molecule has 5 aliphatic rings. The van der Waals surface area contributed by atoms with Crippen LogP contribution in [0.15, 0.2) is 68.7 Å². The van der Waals surface area contributed by atoms with E-state index in [4.69, 9.17) is 4.74 Å². The molecule has 0 N–H and O–H groups in total. The normalized spacial score (nSPS) is 31.9. The highest BCUT2D eigenvalue weighted by atomic mass is 79.9. The Kier molecular flexibility index (Phi) is 4.88. The third kappa shape index (κ3) is 3.20. The first-order valence-electron chi connectivity index (χ1n) is 10.8. The van der Waals surface area contributed by atoms with Crippen molar-refractivity contribution in [3.63, 3.8) is 0 Å². The summed E-state index contributed by atoms with van der Waals surface area (Å²) in [6, 6.07) is 13.7. The number of hydrogen-bond acceptors (Lipinski definition) is 4. The lowest BCUT2D eigenvalue weighted by molar-refractivity contribution is -0.140. The predicted octanol–water partition coefficient (Wildman–Crippen LogP) is 5.18. The second kappa shape index (κ2) is 7.66. The van der Waals surface area contributed by atoms with Gasteiger partial charge < -0.3 is 4.74 Å². The fourth-order valence-electron chi connectivity index (χ4n) is 5.73. The number of hydrogen-bond donors (Lipinski definition) is 0. The standard InChI is InChI=1S/C25H20Br2N2O3/c26-15-8-14(23(20(27)9-15)32-12-13-4-2-1-3-5-13)11-28-29-24(30)21-16-6-7-17(19-10-18(16)19)22(21)25(29)31/h1-9,11,16-19,21-22H,10,12H2/t16-,17-,18-,19+,21-,22+/m0/s1. The molecule has 0 unspecified atom stereocenters. The highest BCUT2D eigenvalue weighted by molar-refractivity contribution is 9.11. The molecule has 5 nitrogen and oxygen atoms in total. The summed E-state index contributed by atoms with van der Waals surface area (Å²) in [5.41, 5.74) is 1.72. The molecule has 3 fully saturated rings. The lowest BCUT2D eigenvalue weighted by Gasteiger charge is -2.37. The van der Waals surface area contributed by atoms with Gasteiger partial charge in [0.25, 0.3) is 11.8 Å². The van der Waals surface area contributed by atoms with E-state index in [2.05, 4.69) is 49.1 Å². The number of nitrogens with zero attached hydrogens (tertiary/aromatic N) is 2. The predicted molar refractivity (Wildman–Crippen MR) is 127 cm³/mol. The molecule has 2 amide bonds. The number of allylic oxidation sites excluding steroid dienone is 2. The van der Waals surface area contributed by atoms with Gasteiger partial charge in [-0.05, 0) is 63.7 Å². The smallest absolute Gasteiger partial charge is 0.254 e. The van der Waals surface area contributed by atoms with Crippen molar-refractivity contribution in [2.45, 2.75) is 13.0 Å². The van der Waals surface area contributed by atoms with Gasteiger partial charge in [0, 0.05) is 10.0 Å². The van der Waals surface area contributed by atoms with Gasteiger partial charge in [-0.25, -0.2) is 0 Å². The van der Waals surface area contributed by atoms with Crippen LogP contribution in [0.5, 0.6) is 5.75 Å². The van der Waals surface area contributed by atoms with Crippen molar-refractivity contribution in [3.8, 4) is 5.75 Å². The number of carbonyl (C=O) groups excluding carboxylic acids is 2. The van der Waals surface area contributed by atoms with Gasteiger partial charge in [0.15, 0.2) is 0 Å². The maximum Gasteiger partial charge on any atom is 0.254 e. The van der Waals surface area contributed by atoms with Crippen LogP contribution in [0.3, 0.4) is 0 Å². The van der Waals surface area contributed by atoms with Crippen LogP contribution < -0.4 is 4.74 Å². The molecule has 4 aliphatic carbocycles. The van der Waals surface area contributed by atoms with Gasteiger partial charge >= 0.3 is 0 Å². The number of benzene rings is 2. The summed E-state index contributed by atoms with van der Waals surface area (Å²) < 4.78 is 7.68. The zero-order chi connectivity index (χ0) is 22.0. The average molecular weight is 556 g/mol. The molecule has 2 bridgehead atoms. The molecule has 1 aliphatic heterocycles. The van der Waals surface area contributed by atoms with Gasteiger partial charge in [0.1, 0.15) is 12.4 Å². The molecule has 7 rings (SSSR count). The second-order valence-corrected chi connectivity index (χ2v) is 10.7. The quantitative estimate of drug-likeness (QED) is 0.290. The Labute approximate surface area is 202 Å². The Hall–Kier alpha value is -2.25. The van der Waals surface area contributed by atoms with E-state index in [1.54, 1.807) is 6.21 Å². The van der Waals surface area contributed by atoms with E-state index in [-0.39, 0.29) is 35.5 Å². The van der Waals surface area contributed by atoms with Gasteiger partial charge in [-0.1, -0.05) is 58.4 Å². The minimum atomic E-state index is -0.249. The summed E-state index contributed by atoms with van der Waals surface area (Å²) in [6.07, 6.45) is 7.03. The fourth-order valence-corrected chi connectivity index (χ4v) is 7.11. The number of imide groups is 1. The Bertz CT molecular complexity index is 1140. The Morgan fingerprint density at radius 1 is 1.00 bits per heavy atom. The average Bonchev–Trinajstić information content (AvgIpc) is 3.57. The van der Waals surface area contributed by atoms with Crippen molar-refractivity contribution < 1.29 is 14.3 Å². The number of rotatable bonds is 5. The SMILES string of the molecule is O=C1[C@@H]2[C@H]3C=C[C@@H]([C@@H]4C[C@H]34)[C@@H]2C(=O)N1N=Cc1cc(Br)cc(Br)c1OCc1ccccc1. The van der Waals surface area contributed by atoms with E-state index >= 15 is 0 Å². The van der Waals surface area contributed by atoms with Gasteiger partial charge in [0.2, 0.25) is 0 Å². The third-order valence-corrected chi connectivity index (χ3v) is 8.26. The zero-order valence-corrected chi connectivity index (χ0v) is 20.2. The van der Waals surface area contributed by atoms with Crippen LogP contribution in [0.2, 0.25) is 0 Å². The first-order valence-corrected chi connectivity index (χ1v) is 12.4. The van der Waals surface area contributed by atoms with E-state index in [0.29, 0.717) is 29.8 Å². The minimum Gasteiger partial charge on any atom is -0.487 e. The monoisotopic (exact) mass is 554 g/mol. The molecule has 2 aromatic rings. The van der Waals surface area contributed by atoms with Crippen molar-refractivity contribution in [1.29, 1.82) is 0 Å². The molecule has 32 heavy (non-hydrogen) atoms. The van der Waals surface area contributed by atoms with Crippen LogP contribution in [0, 0.1) is 35.5 Å². The highest BCUT2D eigenvalue weighted by Gasteiger charge is 2.67. The lowest BCUT2D eigenvalue weighted by atomic mass is 9.63. The maximum atomic E-state index is 13.2. The topological polar surface area (TPSA) is 59.0 Å². The molecule has 0 radical (unpaired) electrons.